The Bertz CT molecular complexity index is 1400. The molecule has 0 spiro atoms. The summed E-state index contributed by atoms with van der Waals surface area (Å²) < 4.78 is 10.8. The number of carbonyl (C=O) groups excluding carboxylic acids is 3. The van der Waals surface area contributed by atoms with Gasteiger partial charge < -0.3 is 24.6 Å². The second kappa shape index (κ2) is 13.6. The summed E-state index contributed by atoms with van der Waals surface area (Å²) in [5, 5.41) is 9.81. The molecule has 4 fully saturated rings. The Morgan fingerprint density at radius 3 is 2.66 bits per heavy atom. The third-order valence-corrected chi connectivity index (χ3v) is 10.2. The highest BCUT2D eigenvalue weighted by Gasteiger charge is 2.53. The van der Waals surface area contributed by atoms with Crippen molar-refractivity contribution in [2.45, 2.75) is 49.9 Å². The Hall–Kier alpha value is -3.55. The fourth-order valence-corrected chi connectivity index (χ4v) is 7.71. The minimum absolute atomic E-state index is 0.0320. The molecule has 3 aliphatic heterocycles. The first-order valence-electron chi connectivity index (χ1n) is 15.3. The van der Waals surface area contributed by atoms with Gasteiger partial charge in [0, 0.05) is 67.8 Å². The van der Waals surface area contributed by atoms with Crippen LogP contribution in [0.4, 0.5) is 5.13 Å². The molecule has 2 amide bonds. The van der Waals surface area contributed by atoms with Crippen LogP contribution in [-0.4, -0.2) is 116 Å². The van der Waals surface area contributed by atoms with Gasteiger partial charge in [-0.25, -0.2) is 4.98 Å². The molecule has 4 heterocycles. The van der Waals surface area contributed by atoms with Crippen molar-refractivity contribution in [2.75, 3.05) is 64.5 Å². The van der Waals surface area contributed by atoms with Crippen LogP contribution in [0.5, 0.6) is 0 Å². The number of nitrogens with one attached hydrogen (secondary N) is 1. The number of ketones is 1. The van der Waals surface area contributed by atoms with E-state index in [0.717, 1.165) is 81.4 Å². The first-order valence-corrected chi connectivity index (χ1v) is 16.2. The lowest BCUT2D eigenvalue weighted by atomic mass is 9.95. The van der Waals surface area contributed by atoms with Crippen molar-refractivity contribution in [1.29, 1.82) is 0 Å². The number of amides is 2. The number of Topliss-reactive ketones (excluding diaryl/α,β-unsaturated/α-hetero) is 1. The van der Waals surface area contributed by atoms with Gasteiger partial charge in [-0.05, 0) is 36.4 Å². The van der Waals surface area contributed by atoms with Gasteiger partial charge in [-0.1, -0.05) is 30.1 Å². The summed E-state index contributed by atoms with van der Waals surface area (Å²) in [5.74, 6) is -0.902. The molecule has 44 heavy (non-hydrogen) atoms. The number of fused-ring (bicyclic) bond motifs is 1. The zero-order chi connectivity index (χ0) is 30.6. The fraction of sp³-hybridized carbons (Fsp3) is 0.600. The van der Waals surface area contributed by atoms with Crippen molar-refractivity contribution in [2.24, 2.45) is 11.0 Å². The summed E-state index contributed by atoms with van der Waals surface area (Å²) in [4.78, 5) is 54.0. The maximum atomic E-state index is 13.9. The summed E-state index contributed by atoms with van der Waals surface area (Å²) in [6, 6.07) is 5.07. The van der Waals surface area contributed by atoms with Gasteiger partial charge in [0.15, 0.2) is 10.9 Å². The third kappa shape index (κ3) is 6.31. The van der Waals surface area contributed by atoms with E-state index in [4.69, 9.17) is 20.0 Å². The highest BCUT2D eigenvalue weighted by molar-refractivity contribution is 7.14. The van der Waals surface area contributed by atoms with Gasteiger partial charge in [0.25, 0.3) is 5.91 Å². The van der Waals surface area contributed by atoms with Crippen LogP contribution in [0, 0.1) is 5.92 Å². The normalized spacial score (nSPS) is 24.8. The van der Waals surface area contributed by atoms with Crippen LogP contribution in [-0.2, 0) is 19.1 Å². The van der Waals surface area contributed by atoms with Gasteiger partial charge in [0.2, 0.25) is 5.91 Å². The number of ether oxygens (including phenoxy) is 2. The zero-order valence-electron chi connectivity index (χ0n) is 24.8. The third-order valence-electron chi connectivity index (χ3n) is 9.25. The minimum atomic E-state index is -0.791. The molecule has 14 heteroatoms. The number of hydrogen-bond donors (Lipinski definition) is 1. The first-order chi connectivity index (χ1) is 21.5. The maximum absolute atomic E-state index is 13.9. The number of methoxy groups -OCH3 is 1. The lowest BCUT2D eigenvalue weighted by Gasteiger charge is -2.34. The summed E-state index contributed by atoms with van der Waals surface area (Å²) >= 11 is 1.62. The number of aromatic nitrogens is 1. The zero-order valence-corrected chi connectivity index (χ0v) is 25.7. The van der Waals surface area contributed by atoms with Gasteiger partial charge in [-0.2, -0.15) is 0 Å². The SMILES string of the molecule is COCCN1CCN(c2nc(-c3ccc(C(=O)N[C@H](C(=O)N4C[C@H](N=[N+]=[N-])[C@H]5OCC(=O)[C@H]54)C4CCCC4)cc3)cs2)CC1. The molecule has 6 rings (SSSR count). The molecule has 1 N–H and O–H groups in total. The number of azide groups is 1. The van der Waals surface area contributed by atoms with Crippen LogP contribution in [0.2, 0.25) is 0 Å². The molecule has 3 saturated heterocycles. The van der Waals surface area contributed by atoms with E-state index in [0.29, 0.717) is 5.56 Å². The van der Waals surface area contributed by atoms with Crippen LogP contribution < -0.4 is 10.2 Å². The van der Waals surface area contributed by atoms with Gasteiger partial charge in [0.05, 0.1) is 24.4 Å². The summed E-state index contributed by atoms with van der Waals surface area (Å²) in [5.41, 5.74) is 11.2. The number of carbonyl (C=O) groups is 3. The molecule has 0 radical (unpaired) electrons. The van der Waals surface area contributed by atoms with Crippen LogP contribution in [0.3, 0.4) is 0 Å². The summed E-state index contributed by atoms with van der Waals surface area (Å²) in [7, 11) is 1.73. The van der Waals surface area contributed by atoms with E-state index >= 15 is 0 Å². The number of anilines is 1. The van der Waals surface area contributed by atoms with E-state index in [1.54, 1.807) is 30.6 Å². The van der Waals surface area contributed by atoms with Crippen LogP contribution >= 0.6 is 11.3 Å². The van der Waals surface area contributed by atoms with Crippen LogP contribution in [0.15, 0.2) is 34.8 Å². The topological polar surface area (TPSA) is 153 Å². The summed E-state index contributed by atoms with van der Waals surface area (Å²) in [6.45, 7) is 5.45. The first kappa shape index (κ1) is 30.5. The number of nitrogens with zero attached hydrogens (tertiary/aromatic N) is 7. The molecule has 1 saturated carbocycles. The van der Waals surface area contributed by atoms with Gasteiger partial charge >= 0.3 is 0 Å². The van der Waals surface area contributed by atoms with Crippen LogP contribution in [0.1, 0.15) is 36.0 Å². The quantitative estimate of drug-likeness (QED) is 0.241. The molecule has 4 aliphatic rings. The van der Waals surface area contributed by atoms with Crippen molar-refractivity contribution in [1.82, 2.24) is 20.1 Å². The average Bonchev–Trinajstić information content (AvgIpc) is 3.86. The van der Waals surface area contributed by atoms with Crippen molar-refractivity contribution in [3.63, 3.8) is 0 Å². The molecule has 2 aromatic rings. The lowest BCUT2D eigenvalue weighted by molar-refractivity contribution is -0.139. The molecule has 1 aromatic heterocycles. The van der Waals surface area contributed by atoms with Crippen molar-refractivity contribution >= 4 is 34.1 Å². The molecule has 4 atom stereocenters. The molecule has 234 valence electrons. The average molecular weight is 623 g/mol. The molecular weight excluding hydrogens is 584 g/mol. The number of thiazole rings is 1. The maximum Gasteiger partial charge on any atom is 0.251 e. The van der Waals surface area contributed by atoms with E-state index in [-0.39, 0.29) is 36.7 Å². The minimum Gasteiger partial charge on any atom is -0.383 e. The molecule has 1 aromatic carbocycles. The fourth-order valence-electron chi connectivity index (χ4n) is 6.82. The Morgan fingerprint density at radius 1 is 1.20 bits per heavy atom. The molecule has 1 aliphatic carbocycles. The van der Waals surface area contributed by atoms with E-state index in [9.17, 15) is 14.4 Å². The molecular formula is C30H38N8O5S. The molecule has 0 unspecified atom stereocenters. The highest BCUT2D eigenvalue weighted by Crippen LogP contribution is 2.34. The Labute approximate surface area is 260 Å². The smallest absolute Gasteiger partial charge is 0.251 e. The van der Waals surface area contributed by atoms with E-state index in [1.807, 2.05) is 17.5 Å². The molecule has 0 bridgehead atoms. The predicted octanol–water partition coefficient (Wildman–Crippen LogP) is 2.72. The number of benzene rings is 1. The van der Waals surface area contributed by atoms with Gasteiger partial charge in [-0.3, -0.25) is 19.3 Å². The number of hydrogen-bond acceptors (Lipinski definition) is 10. The van der Waals surface area contributed by atoms with Crippen molar-refractivity contribution in [3.8, 4) is 11.3 Å². The lowest BCUT2D eigenvalue weighted by Crippen LogP contribution is -2.54. The number of rotatable bonds is 10. The standard InChI is InChI=1S/C30H38N8O5S/c1-42-15-14-36-10-12-37(13-11-36)30-32-23(18-44-30)19-6-8-21(9-7-19)28(40)33-25(20-4-2-3-5-20)29(41)38-16-22(34-35-31)27-26(38)24(39)17-43-27/h6-9,18,20,22,25-27H,2-5,10-17H2,1H3,(H,33,40)/t22-,25-,26+,27+/m0/s1. The Kier molecular flexibility index (Phi) is 9.43. The van der Waals surface area contributed by atoms with E-state index in [1.165, 1.54) is 4.90 Å². The predicted molar refractivity (Wildman–Crippen MR) is 164 cm³/mol. The van der Waals surface area contributed by atoms with Gasteiger partial charge in [0.1, 0.15) is 18.7 Å². The van der Waals surface area contributed by atoms with Crippen molar-refractivity contribution < 1.29 is 23.9 Å². The van der Waals surface area contributed by atoms with E-state index < -0.39 is 24.2 Å². The number of piperazine rings is 1. The van der Waals surface area contributed by atoms with Crippen molar-refractivity contribution in [3.05, 3.63) is 45.7 Å². The highest BCUT2D eigenvalue weighted by atomic mass is 32.1. The molecule has 13 nitrogen and oxygen atoms in total. The monoisotopic (exact) mass is 622 g/mol. The Balaban J connectivity index is 1.12. The largest absolute Gasteiger partial charge is 0.383 e. The van der Waals surface area contributed by atoms with E-state index in [2.05, 4.69) is 25.1 Å². The second-order valence-corrected chi connectivity index (χ2v) is 12.7. The van der Waals surface area contributed by atoms with Gasteiger partial charge in [-0.15, -0.1) is 11.3 Å². The number of likely N-dealkylation sites (tertiary alicyclic amines) is 1. The Morgan fingerprint density at radius 2 is 1.95 bits per heavy atom. The van der Waals surface area contributed by atoms with Crippen LogP contribution in [0.25, 0.3) is 21.7 Å². The second-order valence-electron chi connectivity index (χ2n) is 11.9. The summed E-state index contributed by atoms with van der Waals surface area (Å²) in [6.07, 6.45) is 2.94.